The second-order valence-corrected chi connectivity index (χ2v) is 8.78. The van der Waals surface area contributed by atoms with E-state index in [1.165, 1.54) is 4.90 Å². The second kappa shape index (κ2) is 9.85. The van der Waals surface area contributed by atoms with E-state index in [9.17, 15) is 9.59 Å². The zero-order valence-corrected chi connectivity index (χ0v) is 20.6. The Morgan fingerprint density at radius 3 is 2.61 bits per heavy atom. The number of rotatable bonds is 8. The first kappa shape index (κ1) is 23.6. The molecule has 184 valence electrons. The number of pyridine rings is 1. The molecule has 0 saturated heterocycles. The first-order valence-corrected chi connectivity index (χ1v) is 12.2. The number of hydrogen-bond acceptors (Lipinski definition) is 6. The van der Waals surface area contributed by atoms with Gasteiger partial charge in [-0.05, 0) is 62.2 Å². The number of carbonyl (C=O) groups excluding carboxylic acids is 1. The molecule has 7 nitrogen and oxygen atoms in total. The molecule has 0 radical (unpaired) electrons. The van der Waals surface area contributed by atoms with Gasteiger partial charge >= 0.3 is 0 Å². The summed E-state index contributed by atoms with van der Waals surface area (Å²) in [5, 5.41) is 0.443. The van der Waals surface area contributed by atoms with Crippen LogP contribution in [-0.4, -0.2) is 24.1 Å². The van der Waals surface area contributed by atoms with Gasteiger partial charge in [0, 0.05) is 6.20 Å². The molecule has 0 N–H and O–H groups in total. The van der Waals surface area contributed by atoms with Gasteiger partial charge in [0.2, 0.25) is 5.76 Å². The number of carbonyl (C=O) groups is 1. The van der Waals surface area contributed by atoms with Crippen molar-refractivity contribution >= 4 is 22.7 Å². The van der Waals surface area contributed by atoms with Crippen molar-refractivity contribution < 1.29 is 18.7 Å². The fraction of sp³-hybridized carbons (Fsp3) is 0.276. The van der Waals surface area contributed by atoms with Gasteiger partial charge in [-0.25, -0.2) is 4.98 Å². The van der Waals surface area contributed by atoms with Crippen molar-refractivity contribution in [3.05, 3.63) is 93.5 Å². The Balaban J connectivity index is 1.71. The van der Waals surface area contributed by atoms with Crippen LogP contribution in [0.3, 0.4) is 0 Å². The molecule has 0 aliphatic carbocycles. The largest absolute Gasteiger partial charge is 0.490 e. The third-order valence-electron chi connectivity index (χ3n) is 6.26. The standard InChI is InChI=1S/C29H28N2O5/c1-4-6-15-35-22-13-11-19(17-23(22)34-5-2)26-25-27(32)20-16-18(3)10-12-21(20)36-28(25)29(33)31(26)24-9-7-8-14-30-24/h7-14,16-17,26H,4-6,15H2,1-3H3. The van der Waals surface area contributed by atoms with E-state index in [-0.39, 0.29) is 11.2 Å². The zero-order chi connectivity index (χ0) is 25.2. The molecule has 1 atom stereocenters. The fourth-order valence-corrected chi connectivity index (χ4v) is 4.54. The SMILES string of the molecule is CCCCOc1ccc(C2c3c(oc4ccc(C)cc4c3=O)C(=O)N2c2ccccn2)cc1OCC. The number of fused-ring (bicyclic) bond motifs is 2. The summed E-state index contributed by atoms with van der Waals surface area (Å²) in [5.41, 5.74) is 2.09. The summed E-state index contributed by atoms with van der Waals surface area (Å²) in [7, 11) is 0. The van der Waals surface area contributed by atoms with Crippen LogP contribution < -0.4 is 19.8 Å². The van der Waals surface area contributed by atoms with Crippen molar-refractivity contribution in [3.63, 3.8) is 0 Å². The Labute approximate surface area is 209 Å². The first-order chi connectivity index (χ1) is 17.5. The summed E-state index contributed by atoms with van der Waals surface area (Å²) < 4.78 is 17.9. The van der Waals surface area contributed by atoms with Crippen LogP contribution >= 0.6 is 0 Å². The molecule has 1 unspecified atom stereocenters. The molecule has 4 aromatic rings. The van der Waals surface area contributed by atoms with Crippen molar-refractivity contribution in [3.8, 4) is 11.5 Å². The van der Waals surface area contributed by atoms with Crippen LogP contribution in [0.2, 0.25) is 0 Å². The van der Waals surface area contributed by atoms with Crippen LogP contribution in [0.5, 0.6) is 11.5 Å². The van der Waals surface area contributed by atoms with E-state index in [0.29, 0.717) is 52.6 Å². The van der Waals surface area contributed by atoms with Crippen LogP contribution in [0.1, 0.15) is 60.0 Å². The Hall–Kier alpha value is -4.13. The Bertz CT molecular complexity index is 1480. The molecule has 2 aromatic heterocycles. The maximum atomic E-state index is 13.8. The quantitative estimate of drug-likeness (QED) is 0.293. The molecule has 7 heteroatoms. The van der Waals surface area contributed by atoms with Gasteiger partial charge in [0.05, 0.1) is 30.2 Å². The Kier molecular flexibility index (Phi) is 6.46. The lowest BCUT2D eigenvalue weighted by Gasteiger charge is -2.25. The first-order valence-electron chi connectivity index (χ1n) is 12.2. The van der Waals surface area contributed by atoms with Gasteiger partial charge in [-0.2, -0.15) is 0 Å². The molecule has 1 aliphatic rings. The van der Waals surface area contributed by atoms with Gasteiger partial charge in [0.15, 0.2) is 16.9 Å². The van der Waals surface area contributed by atoms with Gasteiger partial charge in [-0.3, -0.25) is 14.5 Å². The van der Waals surface area contributed by atoms with E-state index in [0.717, 1.165) is 18.4 Å². The van der Waals surface area contributed by atoms with Crippen molar-refractivity contribution in [2.45, 2.75) is 39.7 Å². The number of amides is 1. The number of unbranched alkanes of at least 4 members (excludes halogenated alkanes) is 1. The summed E-state index contributed by atoms with van der Waals surface area (Å²) in [6.45, 7) is 6.95. The topological polar surface area (TPSA) is 81.9 Å². The van der Waals surface area contributed by atoms with Crippen LogP contribution in [0.4, 0.5) is 5.82 Å². The highest BCUT2D eigenvalue weighted by Gasteiger charge is 2.44. The van der Waals surface area contributed by atoms with Gasteiger partial charge in [0.1, 0.15) is 11.4 Å². The van der Waals surface area contributed by atoms with Crippen LogP contribution in [0.15, 0.2) is 70.0 Å². The average molecular weight is 485 g/mol. The highest BCUT2D eigenvalue weighted by Crippen LogP contribution is 2.42. The minimum Gasteiger partial charge on any atom is -0.490 e. The molecule has 0 spiro atoms. The van der Waals surface area contributed by atoms with Crippen molar-refractivity contribution in [1.29, 1.82) is 0 Å². The molecular formula is C29H28N2O5. The zero-order valence-electron chi connectivity index (χ0n) is 20.6. The third kappa shape index (κ3) is 4.11. The smallest absolute Gasteiger partial charge is 0.296 e. The monoisotopic (exact) mass is 484 g/mol. The molecular weight excluding hydrogens is 456 g/mol. The average Bonchev–Trinajstić information content (AvgIpc) is 3.18. The number of benzene rings is 2. The predicted molar refractivity (Wildman–Crippen MR) is 138 cm³/mol. The second-order valence-electron chi connectivity index (χ2n) is 8.78. The van der Waals surface area contributed by atoms with Crippen LogP contribution in [0, 0.1) is 6.92 Å². The lowest BCUT2D eigenvalue weighted by Crippen LogP contribution is -2.30. The summed E-state index contributed by atoms with van der Waals surface area (Å²) >= 11 is 0. The summed E-state index contributed by atoms with van der Waals surface area (Å²) in [6.07, 6.45) is 3.57. The van der Waals surface area contributed by atoms with E-state index in [2.05, 4.69) is 11.9 Å². The number of aryl methyl sites for hydroxylation is 1. The van der Waals surface area contributed by atoms with E-state index < -0.39 is 11.9 Å². The van der Waals surface area contributed by atoms with Crippen molar-refractivity contribution in [1.82, 2.24) is 4.98 Å². The lowest BCUT2D eigenvalue weighted by molar-refractivity contribution is 0.0970. The highest BCUT2D eigenvalue weighted by molar-refractivity contribution is 6.10. The predicted octanol–water partition coefficient (Wildman–Crippen LogP) is 5.82. The Morgan fingerprint density at radius 1 is 1.00 bits per heavy atom. The molecule has 0 fully saturated rings. The maximum Gasteiger partial charge on any atom is 0.296 e. The van der Waals surface area contributed by atoms with Gasteiger partial charge in [0.25, 0.3) is 5.91 Å². The lowest BCUT2D eigenvalue weighted by atomic mass is 9.97. The minimum absolute atomic E-state index is 0.0354. The summed E-state index contributed by atoms with van der Waals surface area (Å²) in [4.78, 5) is 33.4. The minimum atomic E-state index is -0.729. The van der Waals surface area contributed by atoms with Gasteiger partial charge in [-0.1, -0.05) is 37.1 Å². The molecule has 1 amide bonds. The number of hydrogen-bond donors (Lipinski definition) is 0. The molecule has 3 heterocycles. The van der Waals surface area contributed by atoms with Crippen LogP contribution in [0.25, 0.3) is 11.0 Å². The highest BCUT2D eigenvalue weighted by atomic mass is 16.5. The summed E-state index contributed by atoms with van der Waals surface area (Å²) in [5.74, 6) is 1.25. The Morgan fingerprint density at radius 2 is 1.86 bits per heavy atom. The normalized spacial score (nSPS) is 14.8. The van der Waals surface area contributed by atoms with E-state index in [1.54, 1.807) is 36.5 Å². The van der Waals surface area contributed by atoms with E-state index in [4.69, 9.17) is 13.9 Å². The summed E-state index contributed by atoms with van der Waals surface area (Å²) in [6, 6.07) is 15.5. The van der Waals surface area contributed by atoms with Crippen molar-refractivity contribution in [2.24, 2.45) is 0 Å². The molecule has 2 aromatic carbocycles. The molecule has 0 bridgehead atoms. The molecule has 5 rings (SSSR count). The molecule has 1 aliphatic heterocycles. The number of nitrogens with zero attached hydrogens (tertiary/aromatic N) is 2. The number of anilines is 1. The number of ether oxygens (including phenoxy) is 2. The van der Waals surface area contributed by atoms with Gasteiger partial charge < -0.3 is 13.9 Å². The molecule has 36 heavy (non-hydrogen) atoms. The van der Waals surface area contributed by atoms with Crippen LogP contribution in [-0.2, 0) is 0 Å². The maximum absolute atomic E-state index is 13.8. The fourth-order valence-electron chi connectivity index (χ4n) is 4.54. The molecule has 0 saturated carbocycles. The van der Waals surface area contributed by atoms with Crippen molar-refractivity contribution in [2.75, 3.05) is 18.1 Å². The van der Waals surface area contributed by atoms with E-state index >= 15 is 0 Å². The van der Waals surface area contributed by atoms with E-state index in [1.807, 2.05) is 38.1 Å². The third-order valence-corrected chi connectivity index (χ3v) is 6.26. The number of aromatic nitrogens is 1. The van der Waals surface area contributed by atoms with Gasteiger partial charge in [-0.15, -0.1) is 0 Å².